The van der Waals surface area contributed by atoms with Gasteiger partial charge in [-0.15, -0.1) is 0 Å². The first-order valence-corrected chi connectivity index (χ1v) is 10.7. The number of rotatable bonds is 3. The van der Waals surface area contributed by atoms with E-state index < -0.39 is 5.72 Å². The van der Waals surface area contributed by atoms with Gasteiger partial charge in [0.05, 0.1) is 23.3 Å². The zero-order valence-electron chi connectivity index (χ0n) is 18.3. The highest BCUT2D eigenvalue weighted by atomic mass is 19.1. The number of phenols is 1. The summed E-state index contributed by atoms with van der Waals surface area (Å²) in [5.74, 6) is 1.00. The van der Waals surface area contributed by atoms with Crippen LogP contribution in [0.2, 0.25) is 0 Å². The van der Waals surface area contributed by atoms with E-state index in [4.69, 9.17) is 9.57 Å². The number of aryl methyl sites for hydroxylation is 1. The molecule has 7 nitrogen and oxygen atoms in total. The molecule has 1 unspecified atom stereocenters. The summed E-state index contributed by atoms with van der Waals surface area (Å²) in [5.41, 5.74) is 2.69. The highest BCUT2D eigenvalue weighted by Crippen LogP contribution is 2.46. The Kier molecular flexibility index (Phi) is 4.80. The minimum atomic E-state index is -1.07. The molecule has 0 radical (unpaired) electrons. The monoisotopic (exact) mass is 436 g/mol. The fraction of sp³-hybridized carbons (Fsp3) is 0.333. The molecule has 0 amide bonds. The number of fused-ring (bicyclic) bond motifs is 2. The van der Waals surface area contributed by atoms with Gasteiger partial charge in [-0.2, -0.15) is 0 Å². The van der Waals surface area contributed by atoms with Crippen molar-refractivity contribution in [1.82, 2.24) is 14.5 Å². The molecule has 3 aliphatic heterocycles. The van der Waals surface area contributed by atoms with E-state index in [9.17, 15) is 9.50 Å². The predicted octanol–water partition coefficient (Wildman–Crippen LogP) is 4.58. The largest absolute Gasteiger partial charge is 0.506 e. The van der Waals surface area contributed by atoms with Crippen molar-refractivity contribution in [3.8, 4) is 11.4 Å². The Labute approximate surface area is 185 Å². The molecule has 1 atom stereocenters. The molecule has 1 aromatic heterocycles. The molecule has 8 heteroatoms. The van der Waals surface area contributed by atoms with E-state index in [0.29, 0.717) is 29.4 Å². The van der Waals surface area contributed by atoms with Crippen LogP contribution in [0, 0.1) is 6.92 Å². The van der Waals surface area contributed by atoms with Gasteiger partial charge in [0, 0.05) is 12.7 Å². The Morgan fingerprint density at radius 2 is 2.16 bits per heavy atom. The molecule has 3 aliphatic rings. The Hall–Kier alpha value is -3.55. The summed E-state index contributed by atoms with van der Waals surface area (Å²) in [4.78, 5) is 12.1. The molecular formula is C24H25FN4O3. The molecule has 0 bridgehead atoms. The third-order valence-corrected chi connectivity index (χ3v) is 6.14. The molecule has 4 heterocycles. The van der Waals surface area contributed by atoms with Gasteiger partial charge in [0.15, 0.2) is 12.4 Å². The van der Waals surface area contributed by atoms with E-state index in [-0.39, 0.29) is 18.2 Å². The van der Waals surface area contributed by atoms with Crippen LogP contribution in [0.15, 0.2) is 64.7 Å². The SMILES string of the molecule is C/C=C(/F)C1=C(C)OCC12ON=C1/C(=C/c3ccc(-n4cnc(C)c4)c(O)c3)CCCN12. The topological polar surface area (TPSA) is 72.1 Å². The minimum Gasteiger partial charge on any atom is -0.506 e. The lowest BCUT2D eigenvalue weighted by Crippen LogP contribution is -2.53. The van der Waals surface area contributed by atoms with Crippen LogP contribution in [-0.2, 0) is 9.57 Å². The van der Waals surface area contributed by atoms with Crippen LogP contribution < -0.4 is 0 Å². The summed E-state index contributed by atoms with van der Waals surface area (Å²) in [6.07, 6.45) is 8.63. The summed E-state index contributed by atoms with van der Waals surface area (Å²) < 4.78 is 22.2. The first kappa shape index (κ1) is 20.4. The van der Waals surface area contributed by atoms with Crippen molar-refractivity contribution < 1.29 is 19.1 Å². The van der Waals surface area contributed by atoms with Crippen LogP contribution in [0.4, 0.5) is 4.39 Å². The number of nitrogens with zero attached hydrogens (tertiary/aromatic N) is 4. The van der Waals surface area contributed by atoms with Crippen LogP contribution in [-0.4, -0.2) is 44.3 Å². The van der Waals surface area contributed by atoms with Gasteiger partial charge in [-0.1, -0.05) is 17.3 Å². The number of imidazole rings is 1. The summed E-state index contributed by atoms with van der Waals surface area (Å²) in [5, 5.41) is 14.9. The van der Waals surface area contributed by atoms with E-state index in [2.05, 4.69) is 10.1 Å². The number of aromatic nitrogens is 2. The average Bonchev–Trinajstić information content (AvgIpc) is 3.47. The summed E-state index contributed by atoms with van der Waals surface area (Å²) in [6, 6.07) is 5.51. The van der Waals surface area contributed by atoms with Gasteiger partial charge >= 0.3 is 0 Å². The van der Waals surface area contributed by atoms with Crippen LogP contribution in [0.25, 0.3) is 11.8 Å². The van der Waals surface area contributed by atoms with Crippen LogP contribution in [0.3, 0.4) is 0 Å². The van der Waals surface area contributed by atoms with Gasteiger partial charge in [-0.3, -0.25) is 0 Å². The van der Waals surface area contributed by atoms with E-state index >= 15 is 0 Å². The predicted molar refractivity (Wildman–Crippen MR) is 119 cm³/mol. The summed E-state index contributed by atoms with van der Waals surface area (Å²) in [6.45, 7) is 6.19. The fourth-order valence-electron chi connectivity index (χ4n) is 4.60. The molecule has 2 aromatic rings. The maximum absolute atomic E-state index is 14.7. The average molecular weight is 436 g/mol. The molecule has 1 saturated heterocycles. The van der Waals surface area contributed by atoms with E-state index in [1.54, 1.807) is 30.8 Å². The van der Waals surface area contributed by atoms with Crippen molar-refractivity contribution in [2.75, 3.05) is 13.2 Å². The number of phenolic OH excluding ortho intramolecular Hbond substituents is 1. The summed E-state index contributed by atoms with van der Waals surface area (Å²) >= 11 is 0. The number of hydrogen-bond donors (Lipinski definition) is 1. The Morgan fingerprint density at radius 3 is 2.88 bits per heavy atom. The van der Waals surface area contributed by atoms with Gasteiger partial charge < -0.3 is 24.1 Å². The lowest BCUT2D eigenvalue weighted by atomic mass is 9.94. The number of benzene rings is 1. The van der Waals surface area contributed by atoms with Crippen molar-refractivity contribution in [2.24, 2.45) is 5.16 Å². The highest BCUT2D eigenvalue weighted by Gasteiger charge is 2.56. The van der Waals surface area contributed by atoms with Crippen LogP contribution in [0.1, 0.15) is 37.9 Å². The number of piperidine rings is 1. The first-order chi connectivity index (χ1) is 15.4. The van der Waals surface area contributed by atoms with Crippen LogP contribution >= 0.6 is 0 Å². The standard InChI is InChI=1S/C24H25FN4O3/c1-4-19(25)22-16(3)31-13-24(22)29-9-5-6-18(23(29)27-32-24)10-17-7-8-20(21(30)11-17)28-12-15(2)26-14-28/h4,7-8,10-12,14,30H,5-6,9,13H2,1-3H3/b18-10+,19-4+. The number of amidine groups is 1. The highest BCUT2D eigenvalue weighted by molar-refractivity contribution is 6.04. The van der Waals surface area contributed by atoms with Gasteiger partial charge in [-0.05, 0) is 63.0 Å². The van der Waals surface area contributed by atoms with E-state index in [1.807, 2.05) is 36.2 Å². The first-order valence-electron chi connectivity index (χ1n) is 10.7. The molecule has 1 spiro atoms. The van der Waals surface area contributed by atoms with Crippen LogP contribution in [0.5, 0.6) is 5.75 Å². The quantitative estimate of drug-likeness (QED) is 0.762. The maximum atomic E-state index is 14.7. The molecule has 5 rings (SSSR count). The number of hydrogen-bond acceptors (Lipinski definition) is 6. The fourth-order valence-corrected chi connectivity index (χ4v) is 4.60. The normalized spacial score (nSPS) is 24.1. The molecule has 32 heavy (non-hydrogen) atoms. The Morgan fingerprint density at radius 1 is 1.31 bits per heavy atom. The minimum absolute atomic E-state index is 0.158. The number of aromatic hydroxyl groups is 1. The molecule has 1 N–H and O–H groups in total. The third kappa shape index (κ3) is 3.09. The second-order valence-electron chi connectivity index (χ2n) is 8.24. The molecule has 0 saturated carbocycles. The maximum Gasteiger partial charge on any atom is 0.277 e. The second kappa shape index (κ2) is 7.55. The van der Waals surface area contributed by atoms with E-state index in [0.717, 1.165) is 29.7 Å². The lowest BCUT2D eigenvalue weighted by Gasteiger charge is -2.37. The third-order valence-electron chi connectivity index (χ3n) is 6.14. The Balaban J connectivity index is 1.46. The second-order valence-corrected chi connectivity index (χ2v) is 8.24. The van der Waals surface area contributed by atoms with Crippen molar-refractivity contribution in [2.45, 2.75) is 39.3 Å². The number of allylic oxidation sites excluding steroid dienone is 2. The molecule has 1 aromatic carbocycles. The molecule has 166 valence electrons. The molecule has 1 fully saturated rings. The Bertz CT molecular complexity index is 1210. The van der Waals surface area contributed by atoms with Crippen molar-refractivity contribution >= 4 is 11.9 Å². The lowest BCUT2D eigenvalue weighted by molar-refractivity contribution is -0.0866. The van der Waals surface area contributed by atoms with Gasteiger partial charge in [0.25, 0.3) is 5.72 Å². The number of ether oxygens (including phenoxy) is 1. The van der Waals surface area contributed by atoms with Crippen molar-refractivity contribution in [3.63, 3.8) is 0 Å². The molecular weight excluding hydrogens is 411 g/mol. The zero-order valence-corrected chi connectivity index (χ0v) is 18.3. The summed E-state index contributed by atoms with van der Waals surface area (Å²) in [7, 11) is 0. The van der Waals surface area contributed by atoms with Crippen molar-refractivity contribution in [1.29, 1.82) is 0 Å². The van der Waals surface area contributed by atoms with Gasteiger partial charge in [0.1, 0.15) is 17.3 Å². The number of halogens is 1. The van der Waals surface area contributed by atoms with Crippen molar-refractivity contribution in [3.05, 3.63) is 70.8 Å². The van der Waals surface area contributed by atoms with Gasteiger partial charge in [-0.25, -0.2) is 9.37 Å². The number of oxime groups is 1. The van der Waals surface area contributed by atoms with E-state index in [1.165, 1.54) is 6.08 Å². The van der Waals surface area contributed by atoms with Gasteiger partial charge in [0.2, 0.25) is 0 Å². The molecule has 0 aliphatic carbocycles. The zero-order chi connectivity index (χ0) is 22.5. The smallest absolute Gasteiger partial charge is 0.277 e.